The van der Waals surface area contributed by atoms with Crippen LogP contribution in [0.1, 0.15) is 52.4 Å². The maximum atomic E-state index is 11.8. The number of aryl methyl sites for hydroxylation is 1. The first-order chi connectivity index (χ1) is 14.1. The van der Waals surface area contributed by atoms with Gasteiger partial charge in [0.1, 0.15) is 5.75 Å². The smallest absolute Gasteiger partial charge is 0.337 e. The molecule has 1 atom stereocenters. The van der Waals surface area contributed by atoms with Crippen LogP contribution in [0.5, 0.6) is 5.75 Å². The van der Waals surface area contributed by atoms with Gasteiger partial charge >= 0.3 is 5.97 Å². The highest BCUT2D eigenvalue weighted by Gasteiger charge is 2.26. The second-order valence-corrected chi connectivity index (χ2v) is 7.74. The van der Waals surface area contributed by atoms with Crippen molar-refractivity contribution in [2.24, 2.45) is 0 Å². The monoisotopic (exact) mass is 392 g/mol. The number of hydrogen-bond donors (Lipinski definition) is 1. The number of esters is 1. The molecule has 5 nitrogen and oxygen atoms in total. The molecular formula is C24H28N2O3. The Hall–Kier alpha value is -2.79. The van der Waals surface area contributed by atoms with Crippen molar-refractivity contribution in [1.29, 1.82) is 0 Å². The highest BCUT2D eigenvalue weighted by molar-refractivity contribution is 5.89. The largest absolute Gasteiger partial charge is 0.496 e. The third-order valence-electron chi connectivity index (χ3n) is 6.02. The predicted octanol–water partition coefficient (Wildman–Crippen LogP) is 5.00. The van der Waals surface area contributed by atoms with E-state index >= 15 is 0 Å². The summed E-state index contributed by atoms with van der Waals surface area (Å²) in [6.07, 6.45) is 5.52. The molecule has 5 heteroatoms. The number of H-pyrrole nitrogens is 1. The van der Waals surface area contributed by atoms with Gasteiger partial charge in [-0.1, -0.05) is 18.6 Å². The molecule has 2 aromatic carbocycles. The molecule has 1 unspecified atom stereocenters. The first-order valence-electron chi connectivity index (χ1n) is 10.2. The molecule has 152 valence electrons. The molecule has 29 heavy (non-hydrogen) atoms. The molecule has 1 aliphatic heterocycles. The minimum atomic E-state index is -0.295. The summed E-state index contributed by atoms with van der Waals surface area (Å²) in [4.78, 5) is 17.7. The van der Waals surface area contributed by atoms with Crippen LogP contribution in [-0.4, -0.2) is 36.6 Å². The highest BCUT2D eigenvalue weighted by Crippen LogP contribution is 2.37. The van der Waals surface area contributed by atoms with Gasteiger partial charge in [0, 0.05) is 35.2 Å². The molecule has 0 amide bonds. The van der Waals surface area contributed by atoms with Crippen molar-refractivity contribution in [1.82, 2.24) is 9.88 Å². The predicted molar refractivity (Wildman–Crippen MR) is 114 cm³/mol. The number of ether oxygens (including phenoxy) is 2. The summed E-state index contributed by atoms with van der Waals surface area (Å²) in [6, 6.07) is 12.5. The number of aromatic amines is 1. The number of rotatable bonds is 5. The van der Waals surface area contributed by atoms with Crippen LogP contribution < -0.4 is 4.74 Å². The minimum Gasteiger partial charge on any atom is -0.496 e. The number of methoxy groups -OCH3 is 2. The molecule has 1 fully saturated rings. The van der Waals surface area contributed by atoms with Crippen LogP contribution in [0.3, 0.4) is 0 Å². The van der Waals surface area contributed by atoms with Crippen molar-refractivity contribution < 1.29 is 14.3 Å². The first-order valence-corrected chi connectivity index (χ1v) is 10.2. The lowest BCUT2D eigenvalue weighted by Crippen LogP contribution is -2.33. The lowest BCUT2D eigenvalue weighted by molar-refractivity contribution is 0.0600. The minimum absolute atomic E-state index is 0.295. The van der Waals surface area contributed by atoms with Crippen LogP contribution in [0.25, 0.3) is 10.9 Å². The average molecular weight is 392 g/mol. The van der Waals surface area contributed by atoms with E-state index in [2.05, 4.69) is 41.1 Å². The molecule has 0 spiro atoms. The molecule has 0 saturated carbocycles. The summed E-state index contributed by atoms with van der Waals surface area (Å²) in [7, 11) is 3.16. The van der Waals surface area contributed by atoms with E-state index in [1.54, 1.807) is 7.11 Å². The van der Waals surface area contributed by atoms with E-state index < -0.39 is 0 Å². The zero-order valence-corrected chi connectivity index (χ0v) is 17.3. The molecule has 2 heterocycles. The van der Waals surface area contributed by atoms with E-state index in [-0.39, 0.29) is 5.97 Å². The fourth-order valence-electron chi connectivity index (χ4n) is 4.50. The van der Waals surface area contributed by atoms with E-state index in [0.29, 0.717) is 11.6 Å². The van der Waals surface area contributed by atoms with Crippen molar-refractivity contribution >= 4 is 16.9 Å². The zero-order chi connectivity index (χ0) is 20.4. The van der Waals surface area contributed by atoms with E-state index in [1.807, 2.05) is 18.3 Å². The third kappa shape index (κ3) is 3.75. The van der Waals surface area contributed by atoms with Crippen molar-refractivity contribution in [2.75, 3.05) is 20.8 Å². The van der Waals surface area contributed by atoms with Crippen LogP contribution in [0, 0.1) is 6.92 Å². The van der Waals surface area contributed by atoms with Gasteiger partial charge < -0.3 is 14.5 Å². The van der Waals surface area contributed by atoms with Gasteiger partial charge in [0.15, 0.2) is 0 Å². The van der Waals surface area contributed by atoms with Crippen molar-refractivity contribution in [3.63, 3.8) is 0 Å². The molecule has 1 saturated heterocycles. The zero-order valence-electron chi connectivity index (χ0n) is 17.3. The van der Waals surface area contributed by atoms with Crippen LogP contribution in [0.2, 0.25) is 0 Å². The molecule has 3 aromatic rings. The number of benzene rings is 2. The van der Waals surface area contributed by atoms with Gasteiger partial charge in [-0.15, -0.1) is 0 Å². The summed E-state index contributed by atoms with van der Waals surface area (Å²) in [5.74, 6) is 0.649. The maximum Gasteiger partial charge on any atom is 0.337 e. The molecule has 1 aliphatic rings. The number of piperidine rings is 1. The Morgan fingerprint density at radius 1 is 1.17 bits per heavy atom. The second kappa shape index (κ2) is 8.29. The number of carbonyl (C=O) groups excluding carboxylic acids is 1. The van der Waals surface area contributed by atoms with Gasteiger partial charge in [0.2, 0.25) is 0 Å². The van der Waals surface area contributed by atoms with E-state index in [0.717, 1.165) is 25.3 Å². The van der Waals surface area contributed by atoms with E-state index in [9.17, 15) is 4.79 Å². The molecule has 0 radical (unpaired) electrons. The van der Waals surface area contributed by atoms with Gasteiger partial charge in [-0.2, -0.15) is 0 Å². The quantitative estimate of drug-likeness (QED) is 0.621. The van der Waals surface area contributed by atoms with Crippen LogP contribution in [-0.2, 0) is 11.3 Å². The summed E-state index contributed by atoms with van der Waals surface area (Å²) in [5.41, 5.74) is 5.44. The van der Waals surface area contributed by atoms with Crippen molar-refractivity contribution in [3.8, 4) is 5.75 Å². The molecule has 1 N–H and O–H groups in total. The fourth-order valence-corrected chi connectivity index (χ4v) is 4.50. The Balaban J connectivity index is 1.65. The number of aromatic nitrogens is 1. The number of hydrogen-bond acceptors (Lipinski definition) is 4. The summed E-state index contributed by atoms with van der Waals surface area (Å²) >= 11 is 0. The van der Waals surface area contributed by atoms with Gasteiger partial charge in [-0.25, -0.2) is 4.79 Å². The lowest BCUT2D eigenvalue weighted by atomic mass is 9.93. The fraction of sp³-hybridized carbons (Fsp3) is 0.375. The Bertz CT molecular complexity index is 1010. The van der Waals surface area contributed by atoms with Crippen LogP contribution in [0.15, 0.2) is 42.6 Å². The standard InChI is InChI=1S/C24H28N2O3/c1-16-14-22(28-2)20(19-11-12-25-23(16)19)15-26-13-5-4-6-21(26)17-7-9-18(10-8-17)24(27)29-3/h7-12,14,21,25H,4-6,13,15H2,1-3H3. The Kier molecular flexibility index (Phi) is 5.58. The Morgan fingerprint density at radius 2 is 1.97 bits per heavy atom. The second-order valence-electron chi connectivity index (χ2n) is 7.74. The van der Waals surface area contributed by atoms with Crippen molar-refractivity contribution in [2.45, 2.75) is 38.8 Å². The van der Waals surface area contributed by atoms with E-state index in [1.165, 1.54) is 47.5 Å². The normalized spacial score (nSPS) is 17.4. The first kappa shape index (κ1) is 19.5. The summed E-state index contributed by atoms with van der Waals surface area (Å²) in [5, 5.41) is 1.23. The van der Waals surface area contributed by atoms with Gasteiger partial charge in [-0.3, -0.25) is 4.90 Å². The average Bonchev–Trinajstić information content (AvgIpc) is 3.26. The van der Waals surface area contributed by atoms with Crippen LogP contribution >= 0.6 is 0 Å². The number of nitrogens with one attached hydrogen (secondary N) is 1. The summed E-state index contributed by atoms with van der Waals surface area (Å²) < 4.78 is 10.6. The van der Waals surface area contributed by atoms with Gasteiger partial charge in [0.25, 0.3) is 0 Å². The lowest BCUT2D eigenvalue weighted by Gasteiger charge is -2.36. The number of carbonyl (C=O) groups is 1. The SMILES string of the molecule is COC(=O)c1ccc(C2CCCCN2Cc2c(OC)cc(C)c3[nH]ccc23)cc1. The number of likely N-dealkylation sites (tertiary alicyclic amines) is 1. The third-order valence-corrected chi connectivity index (χ3v) is 6.02. The van der Waals surface area contributed by atoms with Crippen molar-refractivity contribution in [3.05, 3.63) is 64.8 Å². The molecule has 1 aromatic heterocycles. The van der Waals surface area contributed by atoms with Gasteiger partial charge in [-0.05, 0) is 61.7 Å². The van der Waals surface area contributed by atoms with Crippen LogP contribution in [0.4, 0.5) is 0 Å². The maximum absolute atomic E-state index is 11.8. The number of fused-ring (bicyclic) bond motifs is 1. The Labute approximate surface area is 171 Å². The molecular weight excluding hydrogens is 364 g/mol. The van der Waals surface area contributed by atoms with E-state index in [4.69, 9.17) is 9.47 Å². The molecule has 0 aliphatic carbocycles. The topological polar surface area (TPSA) is 54.6 Å². The Morgan fingerprint density at radius 3 is 2.69 bits per heavy atom. The van der Waals surface area contributed by atoms with Gasteiger partial charge in [0.05, 0.1) is 19.8 Å². The number of nitrogens with zero attached hydrogens (tertiary/aromatic N) is 1. The summed E-state index contributed by atoms with van der Waals surface area (Å²) in [6.45, 7) is 3.99. The molecule has 4 rings (SSSR count). The molecule has 0 bridgehead atoms. The highest BCUT2D eigenvalue weighted by atomic mass is 16.5.